The molecule has 11 rings (SSSR count). The molecule has 0 radical (unpaired) electrons. The van der Waals surface area contributed by atoms with Gasteiger partial charge in [0.2, 0.25) is 0 Å². The van der Waals surface area contributed by atoms with Crippen molar-refractivity contribution in [3.8, 4) is 22.6 Å². The number of benzene rings is 6. The van der Waals surface area contributed by atoms with Crippen LogP contribution in [0.5, 0.6) is 11.5 Å². The average Bonchev–Trinajstić information content (AvgIpc) is 3.75. The van der Waals surface area contributed by atoms with Gasteiger partial charge in [-0.1, -0.05) is 106 Å². The third-order valence-corrected chi connectivity index (χ3v) is 10.1. The predicted molar refractivity (Wildman–Crippen MR) is 204 cm³/mol. The Morgan fingerprint density at radius 1 is 0.538 bits per heavy atom. The maximum Gasteiger partial charge on any atom is 2.00 e. The van der Waals surface area contributed by atoms with Gasteiger partial charge in [0.25, 0.3) is 0 Å². The van der Waals surface area contributed by atoms with Crippen LogP contribution in [0.25, 0.3) is 88.1 Å². The quantitative estimate of drug-likeness (QED) is 0.102. The molecule has 0 atom stereocenters. The molecule has 0 aliphatic rings. The Balaban J connectivity index is 0.00000338. The van der Waals surface area contributed by atoms with E-state index in [1.807, 2.05) is 48.5 Å². The van der Waals surface area contributed by atoms with Gasteiger partial charge >= 0.3 is 20.4 Å². The molecule has 52 heavy (non-hydrogen) atoms. The van der Waals surface area contributed by atoms with Crippen LogP contribution in [0.3, 0.4) is 0 Å². The summed E-state index contributed by atoms with van der Waals surface area (Å²) in [6.45, 7) is 4.37. The monoisotopic (exact) mass is 760 g/mol. The maximum atomic E-state index is 6.57. The number of aryl methyl sites for hydroxylation is 2. The minimum Gasteiger partial charge on any atom is -0.497 e. The third-order valence-electron chi connectivity index (χ3n) is 10.1. The van der Waals surface area contributed by atoms with Crippen LogP contribution in [-0.2, 0) is 20.4 Å². The molecule has 11 aromatic rings. The van der Waals surface area contributed by atoms with E-state index >= 15 is 0 Å². The van der Waals surface area contributed by atoms with Crippen LogP contribution in [0.15, 0.2) is 122 Å². The molecule has 0 amide bonds. The first-order valence-electron chi connectivity index (χ1n) is 16.9. The largest absolute Gasteiger partial charge is 2.00 e. The summed E-state index contributed by atoms with van der Waals surface area (Å²) in [4.78, 5) is 19.6. The standard InChI is InChI=1S/C44H26N6O.Pd/c1-25-9-7-10-26(2)39(25)32-12-8-11-31-29-19-17-27(23-33(29)42-47-35-13-3-5-15-37(35)49(42)41(31)32)51-28-18-20-30-34(24-28)43-48-36-14-4-6-16-38(36)50(43)44-40(30)45-21-22-46-44;/h3-22H,1-2H3;/q-2;+2. The third kappa shape index (κ3) is 4.29. The van der Waals surface area contributed by atoms with Crippen LogP contribution >= 0.6 is 0 Å². The van der Waals surface area contributed by atoms with Crippen molar-refractivity contribution in [2.24, 2.45) is 0 Å². The van der Waals surface area contributed by atoms with Gasteiger partial charge in [-0.05, 0) is 60.2 Å². The molecular weight excluding hydrogens is 735 g/mol. The second-order valence-electron chi connectivity index (χ2n) is 13.0. The zero-order valence-electron chi connectivity index (χ0n) is 28.0. The fraction of sp³-hybridized carbons (Fsp3) is 0.0455. The summed E-state index contributed by atoms with van der Waals surface area (Å²) >= 11 is 0. The number of hydrogen-bond donors (Lipinski definition) is 0. The van der Waals surface area contributed by atoms with Crippen molar-refractivity contribution in [3.05, 3.63) is 145 Å². The summed E-state index contributed by atoms with van der Waals surface area (Å²) in [5, 5.41) is 4.80. The summed E-state index contributed by atoms with van der Waals surface area (Å²) in [6.07, 6.45) is 3.43. The van der Waals surface area contributed by atoms with E-state index in [-0.39, 0.29) is 20.4 Å². The van der Waals surface area contributed by atoms with Crippen molar-refractivity contribution < 1.29 is 25.2 Å². The smallest absolute Gasteiger partial charge is 0.497 e. The maximum absolute atomic E-state index is 6.57. The van der Waals surface area contributed by atoms with E-state index in [9.17, 15) is 0 Å². The molecule has 5 heterocycles. The number of aromatic nitrogens is 6. The minimum absolute atomic E-state index is 0. The summed E-state index contributed by atoms with van der Waals surface area (Å²) in [7, 11) is 0. The van der Waals surface area contributed by atoms with Crippen molar-refractivity contribution in [3.63, 3.8) is 0 Å². The minimum atomic E-state index is 0. The number of fused-ring (bicyclic) bond motifs is 16. The van der Waals surface area contributed by atoms with Crippen LogP contribution in [-0.4, -0.2) is 28.7 Å². The Bertz CT molecular complexity index is 3250. The average molecular weight is 761 g/mol. The van der Waals surface area contributed by atoms with E-state index in [0.717, 1.165) is 77.0 Å². The molecule has 5 aromatic heterocycles. The van der Waals surface area contributed by atoms with E-state index < -0.39 is 0 Å². The van der Waals surface area contributed by atoms with E-state index in [0.29, 0.717) is 11.5 Å². The second kappa shape index (κ2) is 11.4. The molecule has 0 spiro atoms. The molecule has 0 bridgehead atoms. The number of rotatable bonds is 3. The fourth-order valence-corrected chi connectivity index (χ4v) is 7.92. The number of nitrogens with zero attached hydrogens (tertiary/aromatic N) is 6. The van der Waals surface area contributed by atoms with Gasteiger partial charge in [-0.15, -0.1) is 12.1 Å². The molecule has 0 saturated carbocycles. The topological polar surface area (TPSA) is 69.6 Å². The Morgan fingerprint density at radius 3 is 1.87 bits per heavy atom. The molecule has 0 saturated heterocycles. The molecule has 6 aromatic carbocycles. The Labute approximate surface area is 310 Å². The number of pyridine rings is 2. The summed E-state index contributed by atoms with van der Waals surface area (Å²) in [5.41, 5.74) is 13.0. The van der Waals surface area contributed by atoms with Crippen molar-refractivity contribution in [1.29, 1.82) is 0 Å². The molecule has 8 heteroatoms. The fourth-order valence-electron chi connectivity index (χ4n) is 7.92. The van der Waals surface area contributed by atoms with Gasteiger partial charge in [-0.25, -0.2) is 4.98 Å². The van der Waals surface area contributed by atoms with Crippen molar-refractivity contribution in [2.45, 2.75) is 13.8 Å². The van der Waals surface area contributed by atoms with Crippen LogP contribution in [0, 0.1) is 26.0 Å². The predicted octanol–water partition coefficient (Wildman–Crippen LogP) is 10.4. The van der Waals surface area contributed by atoms with Crippen LogP contribution < -0.4 is 4.74 Å². The Morgan fingerprint density at radius 2 is 1.13 bits per heavy atom. The van der Waals surface area contributed by atoms with Crippen LogP contribution in [0.2, 0.25) is 0 Å². The van der Waals surface area contributed by atoms with Gasteiger partial charge in [0.15, 0.2) is 0 Å². The number of imidazole rings is 2. The number of ether oxygens (including phenoxy) is 1. The zero-order valence-corrected chi connectivity index (χ0v) is 29.5. The first-order chi connectivity index (χ1) is 25.1. The number of para-hydroxylation sites is 5. The Kier molecular flexibility index (Phi) is 6.72. The van der Waals surface area contributed by atoms with E-state index in [1.54, 1.807) is 12.4 Å². The van der Waals surface area contributed by atoms with E-state index in [1.165, 1.54) is 22.3 Å². The van der Waals surface area contributed by atoms with Gasteiger partial charge in [0.1, 0.15) is 5.65 Å². The molecule has 0 aliphatic carbocycles. The van der Waals surface area contributed by atoms with Crippen molar-refractivity contribution in [2.75, 3.05) is 0 Å². The molecule has 7 nitrogen and oxygen atoms in total. The van der Waals surface area contributed by atoms with Crippen molar-refractivity contribution >= 4 is 77.0 Å². The van der Waals surface area contributed by atoms with Gasteiger partial charge < -0.3 is 13.5 Å². The second-order valence-corrected chi connectivity index (χ2v) is 13.0. The molecule has 0 unspecified atom stereocenters. The van der Waals surface area contributed by atoms with Gasteiger partial charge in [-0.3, -0.25) is 15.0 Å². The number of hydrogen-bond acceptors (Lipinski definition) is 5. The SMILES string of the molecule is Cc1cccc(C)c1-c1cccc2c3ccc(Oc4[c-]c5c(cc4)c4nccnc4n4c6ccccc6nc54)[c-]c3c3nc4ccccc4n3c12.[Pd+2]. The summed E-state index contributed by atoms with van der Waals surface area (Å²) in [5.74, 6) is 1.13. The first kappa shape index (κ1) is 30.6. The van der Waals surface area contributed by atoms with Gasteiger partial charge in [0.05, 0.1) is 38.9 Å². The summed E-state index contributed by atoms with van der Waals surface area (Å²) in [6, 6.07) is 44.6. The zero-order chi connectivity index (χ0) is 33.8. The molecule has 0 aliphatic heterocycles. The van der Waals surface area contributed by atoms with Gasteiger partial charge in [0, 0.05) is 35.0 Å². The van der Waals surface area contributed by atoms with Crippen LogP contribution in [0.4, 0.5) is 0 Å². The molecular formula is C44H26N6OPd. The first-order valence-corrected chi connectivity index (χ1v) is 16.9. The van der Waals surface area contributed by atoms with Crippen LogP contribution in [0.1, 0.15) is 11.1 Å². The van der Waals surface area contributed by atoms with E-state index in [2.05, 4.69) is 95.4 Å². The van der Waals surface area contributed by atoms with Crippen molar-refractivity contribution in [1.82, 2.24) is 28.7 Å². The Hall–Kier alpha value is -6.20. The van der Waals surface area contributed by atoms with Gasteiger partial charge in [-0.2, -0.15) is 0 Å². The normalized spacial score (nSPS) is 11.9. The molecule has 248 valence electrons. The molecule has 0 fully saturated rings. The summed E-state index contributed by atoms with van der Waals surface area (Å²) < 4.78 is 10.9. The van der Waals surface area contributed by atoms with E-state index in [4.69, 9.17) is 24.7 Å². The molecule has 0 N–H and O–H groups in total.